The third-order valence-corrected chi connectivity index (χ3v) is 4.45. The summed E-state index contributed by atoms with van der Waals surface area (Å²) >= 11 is 0. The van der Waals surface area contributed by atoms with Crippen molar-refractivity contribution in [2.45, 2.75) is 13.3 Å². The molecule has 0 radical (unpaired) electrons. The van der Waals surface area contributed by atoms with Crippen molar-refractivity contribution in [2.24, 2.45) is 4.99 Å². The molecule has 0 saturated carbocycles. The first-order valence-electron chi connectivity index (χ1n) is 10.5. The second-order valence-corrected chi connectivity index (χ2v) is 6.89. The second-order valence-electron chi connectivity index (χ2n) is 6.89. The van der Waals surface area contributed by atoms with Crippen LogP contribution in [0.3, 0.4) is 0 Å². The number of hydrogen-bond acceptors (Lipinski definition) is 5. The van der Waals surface area contributed by atoms with Gasteiger partial charge in [0.15, 0.2) is 0 Å². The van der Waals surface area contributed by atoms with E-state index in [-0.39, 0.29) is 18.3 Å². The third kappa shape index (κ3) is 6.92. The number of benzene rings is 3. The lowest BCUT2D eigenvalue weighted by molar-refractivity contribution is -0.117. The van der Waals surface area contributed by atoms with Crippen LogP contribution in [-0.4, -0.2) is 31.0 Å². The van der Waals surface area contributed by atoms with Crippen LogP contribution in [0.15, 0.2) is 83.9 Å². The van der Waals surface area contributed by atoms with Crippen molar-refractivity contribution in [2.75, 3.05) is 17.7 Å². The number of amides is 3. The number of ether oxygens (including phenoxy) is 2. The van der Waals surface area contributed by atoms with Gasteiger partial charge in [-0.1, -0.05) is 43.3 Å². The molecule has 0 unspecified atom stereocenters. The number of rotatable bonds is 6. The fourth-order valence-corrected chi connectivity index (χ4v) is 2.77. The van der Waals surface area contributed by atoms with Gasteiger partial charge in [-0.05, 0) is 36.4 Å². The number of carbonyl (C=O) groups is 3. The van der Waals surface area contributed by atoms with Crippen LogP contribution in [0.1, 0.15) is 23.7 Å². The molecule has 0 aliphatic rings. The van der Waals surface area contributed by atoms with Gasteiger partial charge in [-0.15, -0.1) is 0 Å². The number of hydrogen-bond donors (Lipinski definition) is 3. The van der Waals surface area contributed by atoms with E-state index in [4.69, 9.17) is 4.74 Å². The maximum Gasteiger partial charge on any atom is 0.413 e. The van der Waals surface area contributed by atoms with Crippen LogP contribution in [0, 0.1) is 0 Å². The largest absolute Gasteiger partial charge is 0.457 e. The van der Waals surface area contributed by atoms with E-state index in [1.807, 2.05) is 24.3 Å². The number of aliphatic imine (C=N–C) groups is 1. The molecule has 3 N–H and O–H groups in total. The van der Waals surface area contributed by atoms with Crippen LogP contribution in [-0.2, 0) is 9.53 Å². The molecule has 3 rings (SSSR count). The zero-order valence-electron chi connectivity index (χ0n) is 18.7. The Morgan fingerprint density at radius 1 is 0.824 bits per heavy atom. The van der Waals surface area contributed by atoms with E-state index < -0.39 is 12.0 Å². The molecule has 0 bridgehead atoms. The van der Waals surface area contributed by atoms with Gasteiger partial charge in [0.1, 0.15) is 11.5 Å². The molecule has 34 heavy (non-hydrogen) atoms. The van der Waals surface area contributed by atoms with Crippen molar-refractivity contribution in [3.05, 3.63) is 84.4 Å². The van der Waals surface area contributed by atoms with Crippen LogP contribution in [0.4, 0.5) is 16.2 Å². The van der Waals surface area contributed by atoms with Crippen molar-refractivity contribution < 1.29 is 23.9 Å². The summed E-state index contributed by atoms with van der Waals surface area (Å²) in [6.07, 6.45) is -0.677. The lowest BCUT2D eigenvalue weighted by Crippen LogP contribution is -2.36. The molecular weight excluding hydrogens is 436 g/mol. The molecule has 0 saturated heterocycles. The van der Waals surface area contributed by atoms with Gasteiger partial charge in [-0.25, -0.2) is 4.79 Å². The van der Waals surface area contributed by atoms with E-state index in [0.29, 0.717) is 28.4 Å². The molecule has 9 nitrogen and oxygen atoms in total. The van der Waals surface area contributed by atoms with Crippen LogP contribution in [0.25, 0.3) is 0 Å². The minimum absolute atomic E-state index is 0.134. The summed E-state index contributed by atoms with van der Waals surface area (Å²) in [5, 5.41) is 8.06. The van der Waals surface area contributed by atoms with E-state index in [2.05, 4.69) is 25.7 Å². The van der Waals surface area contributed by atoms with Crippen molar-refractivity contribution in [3.8, 4) is 11.5 Å². The SMILES string of the molecule is CCC(=O)/N=C(/NC(=O)OC)Nc1ccc(Oc2ccccc2)cc1NC(=O)c1ccccc1. The summed E-state index contributed by atoms with van der Waals surface area (Å²) in [7, 11) is 1.19. The number of methoxy groups -OCH3 is 1. The van der Waals surface area contributed by atoms with Gasteiger partial charge in [0.2, 0.25) is 11.9 Å². The molecule has 0 spiro atoms. The van der Waals surface area contributed by atoms with Crippen LogP contribution in [0.5, 0.6) is 11.5 Å². The van der Waals surface area contributed by atoms with Gasteiger partial charge in [-0.3, -0.25) is 14.9 Å². The van der Waals surface area contributed by atoms with Crippen LogP contribution in [0.2, 0.25) is 0 Å². The minimum atomic E-state index is -0.811. The normalized spacial score (nSPS) is 10.7. The lowest BCUT2D eigenvalue weighted by atomic mass is 10.2. The number of carbonyl (C=O) groups excluding carboxylic acids is 3. The first-order valence-corrected chi connectivity index (χ1v) is 10.5. The Hall–Kier alpha value is -4.66. The van der Waals surface area contributed by atoms with E-state index in [1.165, 1.54) is 7.11 Å². The molecule has 3 aromatic carbocycles. The zero-order chi connectivity index (χ0) is 24.3. The number of guanidine groups is 1. The average Bonchev–Trinajstić information content (AvgIpc) is 2.86. The molecular formula is C25H24N4O5. The van der Waals surface area contributed by atoms with Crippen molar-refractivity contribution in [3.63, 3.8) is 0 Å². The van der Waals surface area contributed by atoms with Gasteiger partial charge < -0.3 is 20.1 Å². The molecule has 0 heterocycles. The fourth-order valence-electron chi connectivity index (χ4n) is 2.77. The summed E-state index contributed by atoms with van der Waals surface area (Å²) in [4.78, 5) is 40.3. The maximum absolute atomic E-state index is 12.8. The zero-order valence-corrected chi connectivity index (χ0v) is 18.7. The van der Waals surface area contributed by atoms with E-state index >= 15 is 0 Å². The van der Waals surface area contributed by atoms with E-state index in [9.17, 15) is 14.4 Å². The molecule has 0 fully saturated rings. The first kappa shape index (κ1) is 24.0. The van der Waals surface area contributed by atoms with Gasteiger partial charge >= 0.3 is 6.09 Å². The molecule has 3 aromatic rings. The monoisotopic (exact) mass is 460 g/mol. The lowest BCUT2D eigenvalue weighted by Gasteiger charge is -2.16. The van der Waals surface area contributed by atoms with Crippen LogP contribution >= 0.6 is 0 Å². The highest BCUT2D eigenvalue weighted by atomic mass is 16.5. The Bertz CT molecular complexity index is 1180. The Kier molecular flexibility index (Phi) is 8.34. The Balaban J connectivity index is 1.94. The Morgan fingerprint density at radius 3 is 2.15 bits per heavy atom. The van der Waals surface area contributed by atoms with Crippen molar-refractivity contribution in [1.29, 1.82) is 0 Å². The average molecular weight is 460 g/mol. The molecule has 0 aliphatic heterocycles. The number of nitrogens with one attached hydrogen (secondary N) is 3. The molecule has 3 amide bonds. The Labute approximate surface area is 196 Å². The smallest absolute Gasteiger partial charge is 0.413 e. The topological polar surface area (TPSA) is 118 Å². The summed E-state index contributed by atoms with van der Waals surface area (Å²) in [6.45, 7) is 1.64. The quantitative estimate of drug-likeness (QED) is 0.360. The molecule has 174 valence electrons. The molecule has 0 atom stereocenters. The number of para-hydroxylation sites is 1. The predicted octanol–water partition coefficient (Wildman–Crippen LogP) is 4.79. The standard InChI is InChI=1S/C25H24N4O5/c1-3-22(30)28-24(29-25(32)33-2)27-20-15-14-19(34-18-12-8-5-9-13-18)16-21(20)26-23(31)17-10-6-4-7-11-17/h4-16H,3H2,1-2H3,(H,26,31)(H2,27,28,29,30,32). The Morgan fingerprint density at radius 2 is 1.50 bits per heavy atom. The maximum atomic E-state index is 12.8. The molecule has 9 heteroatoms. The number of alkyl carbamates (subject to hydrolysis) is 1. The minimum Gasteiger partial charge on any atom is -0.457 e. The van der Waals surface area contributed by atoms with Gasteiger partial charge in [0.05, 0.1) is 18.5 Å². The highest BCUT2D eigenvalue weighted by Crippen LogP contribution is 2.30. The third-order valence-electron chi connectivity index (χ3n) is 4.45. The molecule has 0 aromatic heterocycles. The summed E-state index contributed by atoms with van der Waals surface area (Å²) < 4.78 is 10.5. The number of nitrogens with zero attached hydrogens (tertiary/aromatic N) is 1. The van der Waals surface area contributed by atoms with Gasteiger partial charge in [0, 0.05) is 18.1 Å². The van der Waals surface area contributed by atoms with Crippen molar-refractivity contribution in [1.82, 2.24) is 5.32 Å². The van der Waals surface area contributed by atoms with E-state index in [0.717, 1.165) is 0 Å². The highest BCUT2D eigenvalue weighted by Gasteiger charge is 2.15. The fraction of sp³-hybridized carbons (Fsp3) is 0.120. The highest BCUT2D eigenvalue weighted by molar-refractivity contribution is 6.11. The summed E-state index contributed by atoms with van der Waals surface area (Å²) in [5.41, 5.74) is 1.15. The second kappa shape index (κ2) is 11.8. The first-order chi connectivity index (χ1) is 16.5. The predicted molar refractivity (Wildman–Crippen MR) is 129 cm³/mol. The van der Waals surface area contributed by atoms with Gasteiger partial charge in [-0.2, -0.15) is 4.99 Å². The number of anilines is 2. The summed E-state index contributed by atoms with van der Waals surface area (Å²) in [5.74, 6) is 0.115. The van der Waals surface area contributed by atoms with Crippen LogP contribution < -0.4 is 20.7 Å². The van der Waals surface area contributed by atoms with Crippen molar-refractivity contribution >= 4 is 35.2 Å². The van der Waals surface area contributed by atoms with Gasteiger partial charge in [0.25, 0.3) is 5.91 Å². The molecule has 0 aliphatic carbocycles. The van der Waals surface area contributed by atoms with E-state index in [1.54, 1.807) is 61.5 Å². The summed E-state index contributed by atoms with van der Waals surface area (Å²) in [6, 6.07) is 22.8.